The smallest absolute Gasteiger partial charge is 0.321 e. The average molecular weight is 166 g/mol. The summed E-state index contributed by atoms with van der Waals surface area (Å²) in [5.41, 5.74) is 1.18. The molecule has 0 unspecified atom stereocenters. The number of cyclic esters (lactones) is 2. The number of hydrogen-bond donors (Lipinski definition) is 0. The van der Waals surface area contributed by atoms with E-state index in [1.807, 2.05) is 13.0 Å². The SMILES string of the molecule is CC1=C[C@H]2C(=O)OC(=O)[C@@H]2CC1. The summed E-state index contributed by atoms with van der Waals surface area (Å²) in [7, 11) is 0. The lowest BCUT2D eigenvalue weighted by Crippen LogP contribution is -2.19. The van der Waals surface area contributed by atoms with Crippen molar-refractivity contribution in [1.82, 2.24) is 0 Å². The maximum Gasteiger partial charge on any atom is 0.321 e. The first kappa shape index (κ1) is 7.53. The number of carbonyl (C=O) groups is 2. The van der Waals surface area contributed by atoms with E-state index >= 15 is 0 Å². The van der Waals surface area contributed by atoms with Crippen molar-refractivity contribution in [1.29, 1.82) is 0 Å². The fourth-order valence-corrected chi connectivity index (χ4v) is 1.81. The van der Waals surface area contributed by atoms with E-state index in [-0.39, 0.29) is 23.8 Å². The molecule has 2 atom stereocenters. The van der Waals surface area contributed by atoms with Crippen LogP contribution in [-0.2, 0) is 14.3 Å². The van der Waals surface area contributed by atoms with Gasteiger partial charge in [0.1, 0.15) is 0 Å². The maximum atomic E-state index is 11.1. The van der Waals surface area contributed by atoms with Crippen LogP contribution in [0.15, 0.2) is 11.6 Å². The Labute approximate surface area is 70.4 Å². The number of carbonyl (C=O) groups excluding carboxylic acids is 2. The summed E-state index contributed by atoms with van der Waals surface area (Å²) >= 11 is 0. The molecule has 1 saturated heterocycles. The van der Waals surface area contributed by atoms with Gasteiger partial charge in [-0.25, -0.2) is 0 Å². The van der Waals surface area contributed by atoms with Gasteiger partial charge >= 0.3 is 11.9 Å². The van der Waals surface area contributed by atoms with Gasteiger partial charge in [0, 0.05) is 0 Å². The van der Waals surface area contributed by atoms with Gasteiger partial charge in [-0.05, 0) is 19.8 Å². The van der Waals surface area contributed by atoms with Gasteiger partial charge in [-0.15, -0.1) is 0 Å². The summed E-state index contributed by atoms with van der Waals surface area (Å²) in [6.07, 6.45) is 3.53. The molecule has 3 nitrogen and oxygen atoms in total. The quantitative estimate of drug-likeness (QED) is 0.307. The lowest BCUT2D eigenvalue weighted by molar-refractivity contribution is -0.153. The second kappa shape index (κ2) is 2.44. The highest BCUT2D eigenvalue weighted by atomic mass is 16.6. The Morgan fingerprint density at radius 1 is 1.42 bits per heavy atom. The van der Waals surface area contributed by atoms with Crippen LogP contribution in [0.5, 0.6) is 0 Å². The molecule has 0 N–H and O–H groups in total. The van der Waals surface area contributed by atoms with Crippen molar-refractivity contribution >= 4 is 11.9 Å². The van der Waals surface area contributed by atoms with E-state index in [2.05, 4.69) is 4.74 Å². The molecule has 12 heavy (non-hydrogen) atoms. The lowest BCUT2D eigenvalue weighted by atomic mass is 9.83. The summed E-state index contributed by atoms with van der Waals surface area (Å²) < 4.78 is 4.53. The number of hydrogen-bond acceptors (Lipinski definition) is 3. The van der Waals surface area contributed by atoms with E-state index < -0.39 is 0 Å². The van der Waals surface area contributed by atoms with Crippen molar-refractivity contribution in [3.05, 3.63) is 11.6 Å². The standard InChI is InChI=1S/C9H10O3/c1-5-2-3-6-7(4-5)9(11)12-8(6)10/h4,6-7H,2-3H2,1H3/t6-,7-/m1/s1. The number of ether oxygens (including phenoxy) is 1. The molecule has 0 aromatic heterocycles. The molecular formula is C9H10O3. The molecule has 1 heterocycles. The molecule has 3 heteroatoms. The van der Waals surface area contributed by atoms with E-state index in [1.165, 1.54) is 5.57 Å². The van der Waals surface area contributed by atoms with Crippen molar-refractivity contribution in [3.8, 4) is 0 Å². The van der Waals surface area contributed by atoms with E-state index in [9.17, 15) is 9.59 Å². The van der Waals surface area contributed by atoms with Crippen LogP contribution >= 0.6 is 0 Å². The second-order valence-corrected chi connectivity index (χ2v) is 3.42. The number of esters is 2. The van der Waals surface area contributed by atoms with Crippen molar-refractivity contribution in [2.75, 3.05) is 0 Å². The third-order valence-electron chi connectivity index (χ3n) is 2.52. The monoisotopic (exact) mass is 166 g/mol. The average Bonchev–Trinajstić information content (AvgIpc) is 2.28. The summed E-state index contributed by atoms with van der Waals surface area (Å²) in [4.78, 5) is 22.1. The first-order valence-corrected chi connectivity index (χ1v) is 4.11. The Balaban J connectivity index is 2.32. The minimum atomic E-state index is -0.371. The van der Waals surface area contributed by atoms with Crippen molar-refractivity contribution in [3.63, 3.8) is 0 Å². The Bertz CT molecular complexity index is 277. The minimum Gasteiger partial charge on any atom is -0.392 e. The molecule has 0 amide bonds. The highest BCUT2D eigenvalue weighted by molar-refractivity contribution is 5.97. The Kier molecular flexibility index (Phi) is 1.53. The van der Waals surface area contributed by atoms with Gasteiger partial charge in [-0.1, -0.05) is 11.6 Å². The fourth-order valence-electron chi connectivity index (χ4n) is 1.81. The van der Waals surface area contributed by atoms with Gasteiger partial charge in [0.25, 0.3) is 0 Å². The Hall–Kier alpha value is -1.12. The second-order valence-electron chi connectivity index (χ2n) is 3.42. The summed E-state index contributed by atoms with van der Waals surface area (Å²) in [5.74, 6) is -1.19. The van der Waals surface area contributed by atoms with Crippen LogP contribution in [0.25, 0.3) is 0 Å². The molecule has 0 saturated carbocycles. The Morgan fingerprint density at radius 2 is 2.17 bits per heavy atom. The van der Waals surface area contributed by atoms with Crippen molar-refractivity contribution in [2.24, 2.45) is 11.8 Å². The summed E-state index contributed by atoms with van der Waals surface area (Å²) in [5, 5.41) is 0. The molecule has 2 aliphatic rings. The van der Waals surface area contributed by atoms with E-state index in [1.54, 1.807) is 0 Å². The van der Waals surface area contributed by atoms with Crippen LogP contribution in [-0.4, -0.2) is 11.9 Å². The maximum absolute atomic E-state index is 11.1. The van der Waals surface area contributed by atoms with E-state index in [0.717, 1.165) is 12.8 Å². The zero-order valence-electron chi connectivity index (χ0n) is 6.87. The molecule has 1 aliphatic heterocycles. The van der Waals surface area contributed by atoms with Gasteiger partial charge in [0.15, 0.2) is 0 Å². The van der Waals surface area contributed by atoms with Crippen LogP contribution in [0.4, 0.5) is 0 Å². The van der Waals surface area contributed by atoms with Gasteiger partial charge < -0.3 is 4.74 Å². The van der Waals surface area contributed by atoms with E-state index in [0.29, 0.717) is 0 Å². The van der Waals surface area contributed by atoms with Gasteiger partial charge in [-0.2, -0.15) is 0 Å². The lowest BCUT2D eigenvalue weighted by Gasteiger charge is -2.16. The molecule has 0 aromatic carbocycles. The van der Waals surface area contributed by atoms with Gasteiger partial charge in [0.05, 0.1) is 11.8 Å². The van der Waals surface area contributed by atoms with Crippen LogP contribution < -0.4 is 0 Å². The molecular weight excluding hydrogens is 156 g/mol. The molecule has 0 bridgehead atoms. The van der Waals surface area contributed by atoms with Crippen molar-refractivity contribution in [2.45, 2.75) is 19.8 Å². The fraction of sp³-hybridized carbons (Fsp3) is 0.556. The summed E-state index contributed by atoms with van der Waals surface area (Å²) in [6, 6.07) is 0. The molecule has 0 spiro atoms. The topological polar surface area (TPSA) is 43.4 Å². The zero-order chi connectivity index (χ0) is 8.72. The van der Waals surface area contributed by atoms with Gasteiger partial charge in [0.2, 0.25) is 0 Å². The molecule has 0 radical (unpaired) electrons. The zero-order valence-corrected chi connectivity index (χ0v) is 6.87. The third-order valence-corrected chi connectivity index (χ3v) is 2.52. The predicted molar refractivity (Wildman–Crippen MR) is 41.1 cm³/mol. The van der Waals surface area contributed by atoms with Crippen LogP contribution in [0.3, 0.4) is 0 Å². The number of fused-ring (bicyclic) bond motifs is 1. The molecule has 64 valence electrons. The predicted octanol–water partition coefficient (Wildman–Crippen LogP) is 1.04. The molecule has 2 rings (SSSR count). The number of allylic oxidation sites excluding steroid dienone is 1. The number of rotatable bonds is 0. The summed E-state index contributed by atoms with van der Waals surface area (Å²) in [6.45, 7) is 1.98. The molecule has 0 aromatic rings. The minimum absolute atomic E-state index is 0.193. The van der Waals surface area contributed by atoms with Crippen LogP contribution in [0, 0.1) is 11.8 Å². The van der Waals surface area contributed by atoms with Crippen molar-refractivity contribution < 1.29 is 14.3 Å². The first-order valence-electron chi connectivity index (χ1n) is 4.11. The van der Waals surface area contributed by atoms with Gasteiger partial charge in [-0.3, -0.25) is 9.59 Å². The largest absolute Gasteiger partial charge is 0.392 e. The highest BCUT2D eigenvalue weighted by Crippen LogP contribution is 2.34. The molecule has 1 fully saturated rings. The van der Waals surface area contributed by atoms with E-state index in [4.69, 9.17) is 0 Å². The Morgan fingerprint density at radius 3 is 2.92 bits per heavy atom. The normalized spacial score (nSPS) is 34.2. The van der Waals surface area contributed by atoms with Crippen LogP contribution in [0.1, 0.15) is 19.8 Å². The first-order chi connectivity index (χ1) is 5.68. The third kappa shape index (κ3) is 0.967. The highest BCUT2D eigenvalue weighted by Gasteiger charge is 2.44. The van der Waals surface area contributed by atoms with Crippen LogP contribution in [0.2, 0.25) is 0 Å². The molecule has 1 aliphatic carbocycles.